The predicted octanol–water partition coefficient (Wildman–Crippen LogP) is 1.81. The van der Waals surface area contributed by atoms with Crippen molar-refractivity contribution >= 4 is 11.6 Å². The van der Waals surface area contributed by atoms with Gasteiger partial charge in [0.05, 0.1) is 6.54 Å². The van der Waals surface area contributed by atoms with Crippen molar-refractivity contribution in [3.05, 3.63) is 0 Å². The largest absolute Gasteiger partial charge is 0.301 e. The van der Waals surface area contributed by atoms with Crippen molar-refractivity contribution in [1.82, 2.24) is 4.90 Å². The molecule has 0 radical (unpaired) electrons. The molecule has 0 aromatic rings. The summed E-state index contributed by atoms with van der Waals surface area (Å²) in [7, 11) is 1.67. The summed E-state index contributed by atoms with van der Waals surface area (Å²) in [5.41, 5.74) is 0. The first kappa shape index (κ1) is 10.1. The summed E-state index contributed by atoms with van der Waals surface area (Å²) in [6.45, 7) is 0.491. The van der Waals surface area contributed by atoms with Crippen LogP contribution in [0.2, 0.25) is 0 Å². The van der Waals surface area contributed by atoms with Crippen LogP contribution in [0.1, 0.15) is 6.42 Å². The Morgan fingerprint density at radius 3 is 2.50 bits per heavy atom. The zero-order chi connectivity index (χ0) is 7.98. The molecule has 0 aliphatic heterocycles. The second kappa shape index (κ2) is 5.86. The van der Waals surface area contributed by atoms with Gasteiger partial charge in [-0.1, -0.05) is 0 Å². The summed E-state index contributed by atoms with van der Waals surface area (Å²) in [6.07, 6.45) is -1.47. The lowest BCUT2D eigenvalue weighted by atomic mass is 10.4. The van der Waals surface area contributed by atoms with Crippen LogP contribution in [0.3, 0.4) is 0 Å². The summed E-state index contributed by atoms with van der Waals surface area (Å²) >= 11 is 5.37. The number of halogens is 3. The fourth-order valence-corrected chi connectivity index (χ4v) is 0.776. The maximum Gasteiger partial charge on any atom is 0.251 e. The number of hydrogen-bond acceptors (Lipinski definition) is 1. The molecule has 0 heterocycles. The molecule has 62 valence electrons. The fraction of sp³-hybridized carbons (Fsp3) is 1.00. The van der Waals surface area contributed by atoms with Crippen molar-refractivity contribution in [2.24, 2.45) is 0 Å². The molecule has 0 amide bonds. The van der Waals surface area contributed by atoms with E-state index in [4.69, 9.17) is 11.6 Å². The van der Waals surface area contributed by atoms with E-state index in [1.54, 1.807) is 11.9 Å². The van der Waals surface area contributed by atoms with E-state index >= 15 is 0 Å². The predicted molar refractivity (Wildman–Crippen MR) is 38.8 cm³/mol. The molecule has 0 fully saturated rings. The van der Waals surface area contributed by atoms with Crippen LogP contribution >= 0.6 is 11.6 Å². The quantitative estimate of drug-likeness (QED) is 0.571. The third-order valence-electron chi connectivity index (χ3n) is 1.12. The Hall–Kier alpha value is 0.110. The summed E-state index contributed by atoms with van der Waals surface area (Å²) in [5.74, 6) is 0.535. The van der Waals surface area contributed by atoms with Crippen LogP contribution in [0, 0.1) is 0 Å². The van der Waals surface area contributed by atoms with Gasteiger partial charge in [0.25, 0.3) is 6.43 Å². The Kier molecular flexibility index (Phi) is 5.93. The van der Waals surface area contributed by atoms with Gasteiger partial charge in [0, 0.05) is 5.88 Å². The molecule has 1 nitrogen and oxygen atoms in total. The molecule has 0 aliphatic rings. The third kappa shape index (κ3) is 6.23. The number of alkyl halides is 3. The van der Waals surface area contributed by atoms with E-state index in [0.717, 1.165) is 6.42 Å². The van der Waals surface area contributed by atoms with Crippen molar-refractivity contribution < 1.29 is 8.78 Å². The highest BCUT2D eigenvalue weighted by molar-refractivity contribution is 6.17. The molecule has 0 atom stereocenters. The summed E-state index contributed by atoms with van der Waals surface area (Å²) in [6, 6.07) is 0. The van der Waals surface area contributed by atoms with E-state index in [2.05, 4.69) is 0 Å². The van der Waals surface area contributed by atoms with Crippen LogP contribution in [0.4, 0.5) is 8.78 Å². The molecule has 0 aromatic heterocycles. The summed E-state index contributed by atoms with van der Waals surface area (Å²) < 4.78 is 23.3. The monoisotopic (exact) mass is 171 g/mol. The number of hydrogen-bond donors (Lipinski definition) is 0. The lowest BCUT2D eigenvalue weighted by Gasteiger charge is -2.14. The molecule has 10 heavy (non-hydrogen) atoms. The van der Waals surface area contributed by atoms with Crippen molar-refractivity contribution in [3.63, 3.8) is 0 Å². The second-order valence-corrected chi connectivity index (χ2v) is 2.57. The number of rotatable bonds is 5. The maximum absolute atomic E-state index is 11.6. The smallest absolute Gasteiger partial charge is 0.251 e. The van der Waals surface area contributed by atoms with Crippen molar-refractivity contribution in [2.45, 2.75) is 12.8 Å². The van der Waals surface area contributed by atoms with E-state index in [0.29, 0.717) is 12.4 Å². The van der Waals surface area contributed by atoms with E-state index in [1.807, 2.05) is 0 Å². The van der Waals surface area contributed by atoms with E-state index in [1.165, 1.54) is 0 Å². The van der Waals surface area contributed by atoms with Crippen LogP contribution in [0.25, 0.3) is 0 Å². The van der Waals surface area contributed by atoms with Gasteiger partial charge in [0.1, 0.15) is 0 Å². The molecule has 0 N–H and O–H groups in total. The molecular formula is C6H12ClF2N. The summed E-state index contributed by atoms with van der Waals surface area (Å²) in [5, 5.41) is 0. The maximum atomic E-state index is 11.6. The molecule has 0 aromatic carbocycles. The fourth-order valence-electron chi connectivity index (χ4n) is 0.657. The van der Waals surface area contributed by atoms with Gasteiger partial charge in [0.2, 0.25) is 0 Å². The lowest BCUT2D eigenvalue weighted by molar-refractivity contribution is 0.101. The van der Waals surface area contributed by atoms with E-state index < -0.39 is 6.43 Å². The topological polar surface area (TPSA) is 3.24 Å². The van der Waals surface area contributed by atoms with Crippen molar-refractivity contribution in [3.8, 4) is 0 Å². The Labute approximate surface area is 65.0 Å². The van der Waals surface area contributed by atoms with Gasteiger partial charge in [0.15, 0.2) is 0 Å². The van der Waals surface area contributed by atoms with Gasteiger partial charge in [-0.05, 0) is 20.0 Å². The molecule has 0 saturated carbocycles. The van der Waals surface area contributed by atoms with Crippen LogP contribution in [0.5, 0.6) is 0 Å². The Bertz CT molecular complexity index is 80.1. The summed E-state index contributed by atoms with van der Waals surface area (Å²) in [4.78, 5) is 1.58. The zero-order valence-corrected chi connectivity index (χ0v) is 6.74. The average molecular weight is 172 g/mol. The molecule has 0 saturated heterocycles. The highest BCUT2D eigenvalue weighted by Crippen LogP contribution is 1.96. The highest BCUT2D eigenvalue weighted by atomic mass is 35.5. The SMILES string of the molecule is CN(CCCCl)CC(F)F. The van der Waals surface area contributed by atoms with E-state index in [-0.39, 0.29) is 6.54 Å². The Balaban J connectivity index is 3.16. The normalized spacial score (nSPS) is 11.4. The zero-order valence-electron chi connectivity index (χ0n) is 5.99. The van der Waals surface area contributed by atoms with Gasteiger partial charge >= 0.3 is 0 Å². The van der Waals surface area contributed by atoms with Crippen LogP contribution in [-0.4, -0.2) is 37.3 Å². The van der Waals surface area contributed by atoms with Gasteiger partial charge in [-0.2, -0.15) is 0 Å². The van der Waals surface area contributed by atoms with E-state index in [9.17, 15) is 8.78 Å². The standard InChI is InChI=1S/C6H12ClF2N/c1-10(4-2-3-7)5-6(8)9/h6H,2-5H2,1H3. The first-order valence-electron chi connectivity index (χ1n) is 3.19. The van der Waals surface area contributed by atoms with Crippen LogP contribution in [-0.2, 0) is 0 Å². The third-order valence-corrected chi connectivity index (χ3v) is 1.39. The first-order valence-corrected chi connectivity index (χ1v) is 3.73. The van der Waals surface area contributed by atoms with Crippen LogP contribution < -0.4 is 0 Å². The lowest BCUT2D eigenvalue weighted by Crippen LogP contribution is -2.25. The first-order chi connectivity index (χ1) is 4.66. The minimum Gasteiger partial charge on any atom is -0.301 e. The molecule has 0 aliphatic carbocycles. The molecular weight excluding hydrogens is 160 g/mol. The van der Waals surface area contributed by atoms with Crippen molar-refractivity contribution in [2.75, 3.05) is 26.0 Å². The van der Waals surface area contributed by atoms with Gasteiger partial charge in [-0.3, -0.25) is 0 Å². The minimum absolute atomic E-state index is 0.156. The Morgan fingerprint density at radius 1 is 1.50 bits per heavy atom. The molecule has 4 heteroatoms. The molecule has 0 unspecified atom stereocenters. The second-order valence-electron chi connectivity index (χ2n) is 2.20. The average Bonchev–Trinajstić information content (AvgIpc) is 1.82. The van der Waals surface area contributed by atoms with Crippen LogP contribution in [0.15, 0.2) is 0 Å². The molecule has 0 bridgehead atoms. The van der Waals surface area contributed by atoms with Gasteiger partial charge < -0.3 is 4.90 Å². The Morgan fingerprint density at radius 2 is 2.10 bits per heavy atom. The molecule has 0 spiro atoms. The minimum atomic E-state index is -2.24. The number of nitrogens with zero attached hydrogens (tertiary/aromatic N) is 1. The van der Waals surface area contributed by atoms with Crippen molar-refractivity contribution in [1.29, 1.82) is 0 Å². The highest BCUT2D eigenvalue weighted by Gasteiger charge is 2.05. The van der Waals surface area contributed by atoms with Gasteiger partial charge in [-0.25, -0.2) is 8.78 Å². The molecule has 0 rings (SSSR count). The van der Waals surface area contributed by atoms with Gasteiger partial charge in [-0.15, -0.1) is 11.6 Å².